The molecule has 0 spiro atoms. The fourth-order valence-electron chi connectivity index (χ4n) is 2.65. The third-order valence-corrected chi connectivity index (χ3v) is 3.98. The highest BCUT2D eigenvalue weighted by molar-refractivity contribution is 5.91. The Balaban J connectivity index is 1.54. The van der Waals surface area contributed by atoms with E-state index in [1.165, 1.54) is 5.56 Å². The summed E-state index contributed by atoms with van der Waals surface area (Å²) < 4.78 is 7.54. The number of benzene rings is 1. The van der Waals surface area contributed by atoms with Crippen molar-refractivity contribution < 1.29 is 9.53 Å². The van der Waals surface area contributed by atoms with E-state index in [1.807, 2.05) is 73.1 Å². The smallest absolute Gasteiger partial charge is 0.244 e. The van der Waals surface area contributed by atoms with E-state index in [1.54, 1.807) is 6.08 Å². The molecule has 0 fully saturated rings. The number of nitrogens with one attached hydrogen (secondary N) is 1. The SMILES string of the molecule is CCOc1cccn2cc(CCNC(=O)/C=C/c3ccc(C)cc3)nc12. The van der Waals surface area contributed by atoms with Gasteiger partial charge in [0.2, 0.25) is 5.91 Å². The molecule has 1 aromatic carbocycles. The van der Waals surface area contributed by atoms with Crippen LogP contribution in [0.15, 0.2) is 54.9 Å². The fraction of sp³-hybridized carbons (Fsp3) is 0.238. The minimum atomic E-state index is -0.107. The number of fused-ring (bicyclic) bond motifs is 1. The molecule has 0 aliphatic carbocycles. The van der Waals surface area contributed by atoms with Gasteiger partial charge in [-0.25, -0.2) is 4.98 Å². The number of rotatable bonds is 7. The molecule has 3 aromatic rings. The van der Waals surface area contributed by atoms with Gasteiger partial charge in [-0.15, -0.1) is 0 Å². The van der Waals surface area contributed by atoms with E-state index in [9.17, 15) is 4.79 Å². The highest BCUT2D eigenvalue weighted by atomic mass is 16.5. The Morgan fingerprint density at radius 1 is 1.27 bits per heavy atom. The summed E-state index contributed by atoms with van der Waals surface area (Å²) in [5.74, 6) is 0.663. The average Bonchev–Trinajstić information content (AvgIpc) is 3.05. The van der Waals surface area contributed by atoms with E-state index in [2.05, 4.69) is 10.3 Å². The highest BCUT2D eigenvalue weighted by Crippen LogP contribution is 2.19. The normalized spacial score (nSPS) is 11.2. The van der Waals surface area contributed by atoms with Gasteiger partial charge in [0.15, 0.2) is 11.4 Å². The second kappa shape index (κ2) is 8.34. The Labute approximate surface area is 153 Å². The molecule has 5 nitrogen and oxygen atoms in total. The van der Waals surface area contributed by atoms with Crippen LogP contribution in [0.4, 0.5) is 0 Å². The van der Waals surface area contributed by atoms with E-state index < -0.39 is 0 Å². The summed E-state index contributed by atoms with van der Waals surface area (Å²) in [6.45, 7) is 5.13. The van der Waals surface area contributed by atoms with Gasteiger partial charge in [0.25, 0.3) is 0 Å². The Hall–Kier alpha value is -3.08. The number of amides is 1. The predicted molar refractivity (Wildman–Crippen MR) is 103 cm³/mol. The summed E-state index contributed by atoms with van der Waals surface area (Å²) in [7, 11) is 0. The zero-order chi connectivity index (χ0) is 18.4. The second-order valence-corrected chi connectivity index (χ2v) is 6.05. The van der Waals surface area contributed by atoms with Crippen LogP contribution in [0, 0.1) is 6.92 Å². The van der Waals surface area contributed by atoms with Gasteiger partial charge in [-0.3, -0.25) is 4.79 Å². The number of hydrogen-bond acceptors (Lipinski definition) is 3. The maximum absolute atomic E-state index is 11.9. The number of nitrogens with zero attached hydrogens (tertiary/aromatic N) is 2. The Morgan fingerprint density at radius 3 is 2.85 bits per heavy atom. The van der Waals surface area contributed by atoms with Gasteiger partial charge >= 0.3 is 0 Å². The first-order chi connectivity index (χ1) is 12.7. The van der Waals surface area contributed by atoms with Crippen molar-refractivity contribution in [3.8, 4) is 5.75 Å². The Kier molecular flexibility index (Phi) is 5.69. The van der Waals surface area contributed by atoms with E-state index in [0.717, 1.165) is 22.7 Å². The molecule has 2 heterocycles. The molecule has 1 N–H and O–H groups in total. The lowest BCUT2D eigenvalue weighted by Gasteiger charge is -2.03. The molecular weight excluding hydrogens is 326 g/mol. The van der Waals surface area contributed by atoms with Crippen molar-refractivity contribution in [1.29, 1.82) is 0 Å². The van der Waals surface area contributed by atoms with Crippen molar-refractivity contribution in [3.63, 3.8) is 0 Å². The number of aromatic nitrogens is 2. The quantitative estimate of drug-likeness (QED) is 0.665. The topological polar surface area (TPSA) is 55.6 Å². The zero-order valence-electron chi connectivity index (χ0n) is 15.1. The number of pyridine rings is 1. The molecule has 0 saturated carbocycles. The van der Waals surface area contributed by atoms with E-state index >= 15 is 0 Å². The summed E-state index contributed by atoms with van der Waals surface area (Å²) >= 11 is 0. The third-order valence-electron chi connectivity index (χ3n) is 3.98. The van der Waals surface area contributed by atoms with Crippen LogP contribution >= 0.6 is 0 Å². The molecule has 5 heteroatoms. The molecule has 0 bridgehead atoms. The molecule has 0 unspecified atom stereocenters. The number of ether oxygens (including phenoxy) is 1. The summed E-state index contributed by atoms with van der Waals surface area (Å²) in [4.78, 5) is 16.5. The molecular formula is C21H23N3O2. The maximum Gasteiger partial charge on any atom is 0.244 e. The molecule has 0 aliphatic rings. The van der Waals surface area contributed by atoms with Crippen LogP contribution in [0.1, 0.15) is 23.7 Å². The van der Waals surface area contributed by atoms with Gasteiger partial charge in [0, 0.05) is 31.4 Å². The van der Waals surface area contributed by atoms with Crippen molar-refractivity contribution in [3.05, 3.63) is 71.7 Å². The summed E-state index contributed by atoms with van der Waals surface area (Å²) in [6, 6.07) is 11.9. The zero-order valence-corrected chi connectivity index (χ0v) is 15.1. The minimum Gasteiger partial charge on any atom is -0.490 e. The molecule has 0 aliphatic heterocycles. The van der Waals surface area contributed by atoms with Crippen molar-refractivity contribution in [2.45, 2.75) is 20.3 Å². The van der Waals surface area contributed by atoms with E-state index in [4.69, 9.17) is 4.74 Å². The summed E-state index contributed by atoms with van der Waals surface area (Å²) in [5.41, 5.74) is 3.93. The number of carbonyl (C=O) groups is 1. The maximum atomic E-state index is 11.9. The lowest BCUT2D eigenvalue weighted by molar-refractivity contribution is -0.116. The van der Waals surface area contributed by atoms with Crippen LogP contribution in [0.5, 0.6) is 5.75 Å². The van der Waals surface area contributed by atoms with E-state index in [0.29, 0.717) is 19.6 Å². The van der Waals surface area contributed by atoms with Crippen molar-refractivity contribution in [2.24, 2.45) is 0 Å². The van der Waals surface area contributed by atoms with Gasteiger partial charge in [-0.05, 0) is 37.6 Å². The molecule has 1 amide bonds. The van der Waals surface area contributed by atoms with Crippen molar-refractivity contribution in [2.75, 3.05) is 13.2 Å². The van der Waals surface area contributed by atoms with Crippen LogP contribution in [0.3, 0.4) is 0 Å². The van der Waals surface area contributed by atoms with Crippen molar-refractivity contribution in [1.82, 2.24) is 14.7 Å². The second-order valence-electron chi connectivity index (χ2n) is 6.05. The lowest BCUT2D eigenvalue weighted by Crippen LogP contribution is -2.23. The van der Waals surface area contributed by atoms with Crippen LogP contribution in [-0.2, 0) is 11.2 Å². The van der Waals surface area contributed by atoms with Gasteiger partial charge in [-0.2, -0.15) is 0 Å². The molecule has 3 rings (SSSR count). The van der Waals surface area contributed by atoms with E-state index in [-0.39, 0.29) is 5.91 Å². The number of hydrogen-bond donors (Lipinski definition) is 1. The van der Waals surface area contributed by atoms with Gasteiger partial charge in [0.05, 0.1) is 12.3 Å². The van der Waals surface area contributed by atoms with Crippen LogP contribution < -0.4 is 10.1 Å². The number of imidazole rings is 1. The number of carbonyl (C=O) groups excluding carboxylic acids is 1. The van der Waals surface area contributed by atoms with Gasteiger partial charge in [0.1, 0.15) is 0 Å². The number of aryl methyl sites for hydroxylation is 1. The molecule has 134 valence electrons. The first-order valence-corrected chi connectivity index (χ1v) is 8.77. The van der Waals surface area contributed by atoms with Crippen molar-refractivity contribution >= 4 is 17.6 Å². The fourth-order valence-corrected chi connectivity index (χ4v) is 2.65. The Bertz CT molecular complexity index is 911. The monoisotopic (exact) mass is 349 g/mol. The van der Waals surface area contributed by atoms with Crippen LogP contribution in [0.2, 0.25) is 0 Å². The Morgan fingerprint density at radius 2 is 2.08 bits per heavy atom. The van der Waals surface area contributed by atoms with Crippen LogP contribution in [0.25, 0.3) is 11.7 Å². The molecule has 0 saturated heterocycles. The van der Waals surface area contributed by atoms with Gasteiger partial charge in [-0.1, -0.05) is 29.8 Å². The molecule has 2 aromatic heterocycles. The summed E-state index contributed by atoms with van der Waals surface area (Å²) in [5, 5.41) is 2.89. The first-order valence-electron chi connectivity index (χ1n) is 8.77. The van der Waals surface area contributed by atoms with Gasteiger partial charge < -0.3 is 14.5 Å². The first kappa shape index (κ1) is 17.7. The molecule has 0 radical (unpaired) electrons. The summed E-state index contributed by atoms with van der Waals surface area (Å²) in [6.07, 6.45) is 7.94. The van der Waals surface area contributed by atoms with Crippen LogP contribution in [-0.4, -0.2) is 28.4 Å². The minimum absolute atomic E-state index is 0.107. The standard InChI is InChI=1S/C21H23N3O2/c1-3-26-19-5-4-14-24-15-18(23-21(19)24)12-13-22-20(25)11-10-17-8-6-16(2)7-9-17/h4-11,14-15H,3,12-13H2,1-2H3,(H,22,25)/b11-10+. The molecule has 0 atom stereocenters. The third kappa shape index (κ3) is 4.51. The average molecular weight is 349 g/mol. The molecule has 26 heavy (non-hydrogen) atoms. The predicted octanol–water partition coefficient (Wildman–Crippen LogP) is 3.41. The lowest BCUT2D eigenvalue weighted by atomic mass is 10.1. The highest BCUT2D eigenvalue weighted by Gasteiger charge is 2.07. The largest absolute Gasteiger partial charge is 0.490 e.